The highest BCUT2D eigenvalue weighted by molar-refractivity contribution is 6.31. The number of hydrogen-bond donors (Lipinski definition) is 3. The third kappa shape index (κ3) is 3.17. The highest BCUT2D eigenvalue weighted by atomic mass is 35.5. The van der Waals surface area contributed by atoms with Gasteiger partial charge in [-0.2, -0.15) is 0 Å². The maximum atomic E-state index is 14.8. The van der Waals surface area contributed by atoms with E-state index in [2.05, 4.69) is 10.1 Å². The molecule has 1 unspecified atom stereocenters. The van der Waals surface area contributed by atoms with E-state index in [1.807, 2.05) is 0 Å². The molecule has 3 N–H and O–H groups in total. The lowest BCUT2D eigenvalue weighted by Gasteiger charge is -2.30. The summed E-state index contributed by atoms with van der Waals surface area (Å²) in [6, 6.07) is 1.18. The molecule has 1 aromatic carbocycles. The van der Waals surface area contributed by atoms with Crippen LogP contribution in [-0.2, 0) is 19.9 Å². The van der Waals surface area contributed by atoms with Gasteiger partial charge in [-0.05, 0) is 19.9 Å². The Morgan fingerprint density at radius 3 is 2.76 bits per heavy atom. The zero-order chi connectivity index (χ0) is 18.9. The summed E-state index contributed by atoms with van der Waals surface area (Å²) in [4.78, 5) is 24.0. The number of methoxy groups -OCH3 is 1. The molecule has 0 aromatic heterocycles. The van der Waals surface area contributed by atoms with Crippen LogP contribution in [0, 0.1) is 11.7 Å². The van der Waals surface area contributed by atoms with E-state index in [4.69, 9.17) is 16.3 Å². The maximum Gasteiger partial charge on any atom is 0.321 e. The SMILES string of the molecule is CCOc1c([C@@H](C)O)cc(Cl)c(F)c1[C@]1(O)CNC(=O)C1C(=O)OC. The molecule has 1 heterocycles. The van der Waals surface area contributed by atoms with Crippen molar-refractivity contribution in [2.75, 3.05) is 20.3 Å². The fourth-order valence-corrected chi connectivity index (χ4v) is 3.13. The van der Waals surface area contributed by atoms with Crippen molar-refractivity contribution in [1.29, 1.82) is 0 Å². The molecule has 138 valence electrons. The van der Waals surface area contributed by atoms with Gasteiger partial charge in [0.2, 0.25) is 5.91 Å². The Balaban J connectivity index is 2.79. The molecule has 1 aromatic rings. The van der Waals surface area contributed by atoms with Crippen molar-refractivity contribution < 1.29 is 33.7 Å². The molecule has 7 nitrogen and oxygen atoms in total. The van der Waals surface area contributed by atoms with Crippen LogP contribution in [0.4, 0.5) is 4.39 Å². The molecule has 0 aliphatic carbocycles. The molecular weight excluding hydrogens is 357 g/mol. The second-order valence-corrected chi connectivity index (χ2v) is 6.08. The first kappa shape index (κ1) is 19.4. The van der Waals surface area contributed by atoms with Gasteiger partial charge in [0.25, 0.3) is 0 Å². The van der Waals surface area contributed by atoms with Crippen molar-refractivity contribution >= 4 is 23.5 Å². The minimum atomic E-state index is -2.28. The van der Waals surface area contributed by atoms with Crippen LogP contribution in [-0.4, -0.2) is 42.4 Å². The first-order valence-electron chi connectivity index (χ1n) is 7.60. The summed E-state index contributed by atoms with van der Waals surface area (Å²) in [6.45, 7) is 2.69. The summed E-state index contributed by atoms with van der Waals surface area (Å²) < 4.78 is 24.8. The van der Waals surface area contributed by atoms with Gasteiger partial charge >= 0.3 is 5.97 Å². The Hall–Kier alpha value is -1.90. The Labute approximate surface area is 148 Å². The minimum absolute atomic E-state index is 0.0914. The van der Waals surface area contributed by atoms with Crippen molar-refractivity contribution in [1.82, 2.24) is 5.32 Å². The minimum Gasteiger partial charge on any atom is -0.493 e. The molecule has 0 spiro atoms. The van der Waals surface area contributed by atoms with Crippen LogP contribution >= 0.6 is 11.6 Å². The molecule has 1 amide bonds. The van der Waals surface area contributed by atoms with Crippen LogP contribution in [0.15, 0.2) is 6.07 Å². The molecule has 0 bridgehead atoms. The smallest absolute Gasteiger partial charge is 0.321 e. The van der Waals surface area contributed by atoms with Crippen LogP contribution in [0.5, 0.6) is 5.75 Å². The van der Waals surface area contributed by atoms with Gasteiger partial charge in [-0.3, -0.25) is 9.59 Å². The molecule has 25 heavy (non-hydrogen) atoms. The van der Waals surface area contributed by atoms with E-state index in [0.29, 0.717) is 0 Å². The number of hydrogen-bond acceptors (Lipinski definition) is 6. The highest BCUT2D eigenvalue weighted by Crippen LogP contribution is 2.45. The van der Waals surface area contributed by atoms with Crippen LogP contribution < -0.4 is 10.1 Å². The standard InChI is InChI=1S/C16H19ClFNO6/c1-4-25-13-8(7(2)20)5-9(17)12(18)10(13)16(23)6-19-14(21)11(16)15(22)24-3/h5,7,11,20,23H,4,6H2,1-3H3,(H,19,21)/t7-,11?,16-/m1/s1. The van der Waals surface area contributed by atoms with Gasteiger partial charge in [0.05, 0.1) is 37.0 Å². The quantitative estimate of drug-likeness (QED) is 0.524. The van der Waals surface area contributed by atoms with Crippen molar-refractivity contribution in [3.8, 4) is 5.75 Å². The monoisotopic (exact) mass is 375 g/mol. The Morgan fingerprint density at radius 1 is 1.60 bits per heavy atom. The first-order chi connectivity index (χ1) is 11.7. The summed E-state index contributed by atoms with van der Waals surface area (Å²) in [5.41, 5.74) is -2.63. The number of nitrogens with one attached hydrogen (secondary N) is 1. The van der Waals surface area contributed by atoms with Gasteiger partial charge in [0.15, 0.2) is 11.7 Å². The van der Waals surface area contributed by atoms with Gasteiger partial charge in [0.1, 0.15) is 11.4 Å². The van der Waals surface area contributed by atoms with Crippen molar-refractivity contribution in [3.05, 3.63) is 28.0 Å². The van der Waals surface area contributed by atoms with Gasteiger partial charge in [0, 0.05) is 5.56 Å². The topological polar surface area (TPSA) is 105 Å². The van der Waals surface area contributed by atoms with E-state index in [-0.39, 0.29) is 22.9 Å². The molecule has 1 saturated heterocycles. The molecule has 1 aliphatic rings. The van der Waals surface area contributed by atoms with Gasteiger partial charge in [-0.15, -0.1) is 0 Å². The zero-order valence-electron chi connectivity index (χ0n) is 13.9. The number of esters is 1. The predicted octanol–water partition coefficient (Wildman–Crippen LogP) is 1.04. The number of rotatable bonds is 5. The highest BCUT2D eigenvalue weighted by Gasteiger charge is 2.56. The lowest BCUT2D eigenvalue weighted by Crippen LogP contribution is -2.42. The first-order valence-corrected chi connectivity index (χ1v) is 7.97. The van der Waals surface area contributed by atoms with Crippen LogP contribution in [0.25, 0.3) is 0 Å². The van der Waals surface area contributed by atoms with E-state index >= 15 is 0 Å². The summed E-state index contributed by atoms with van der Waals surface area (Å²) >= 11 is 5.90. The largest absolute Gasteiger partial charge is 0.493 e. The summed E-state index contributed by atoms with van der Waals surface area (Å²) in [5.74, 6) is -4.74. The lowest BCUT2D eigenvalue weighted by atomic mass is 9.81. The molecule has 1 aliphatic heterocycles. The molecule has 9 heteroatoms. The van der Waals surface area contributed by atoms with Gasteiger partial charge in [-0.1, -0.05) is 11.6 Å². The van der Waals surface area contributed by atoms with E-state index < -0.39 is 47.4 Å². The summed E-state index contributed by atoms with van der Waals surface area (Å²) in [6.07, 6.45) is -1.09. The molecule has 2 rings (SSSR count). The van der Waals surface area contributed by atoms with E-state index in [9.17, 15) is 24.2 Å². The van der Waals surface area contributed by atoms with Crippen molar-refractivity contribution in [3.63, 3.8) is 0 Å². The van der Waals surface area contributed by atoms with E-state index in [1.165, 1.54) is 13.0 Å². The number of β-amino-alcohol motifs (C(OH)–C–C–N with tert-alkyl or cyclic N) is 1. The second-order valence-electron chi connectivity index (χ2n) is 5.67. The molecule has 0 radical (unpaired) electrons. The number of amides is 1. The van der Waals surface area contributed by atoms with Crippen molar-refractivity contribution in [2.24, 2.45) is 5.92 Å². The van der Waals surface area contributed by atoms with Gasteiger partial charge in [-0.25, -0.2) is 4.39 Å². The summed E-state index contributed by atoms with van der Waals surface area (Å²) in [7, 11) is 1.05. The number of carbonyl (C=O) groups is 2. The van der Waals surface area contributed by atoms with E-state index in [1.54, 1.807) is 6.92 Å². The fourth-order valence-electron chi connectivity index (χ4n) is 2.92. The van der Waals surface area contributed by atoms with Crippen LogP contribution in [0.1, 0.15) is 31.1 Å². The Morgan fingerprint density at radius 2 is 2.24 bits per heavy atom. The Kier molecular flexibility index (Phi) is 5.55. The van der Waals surface area contributed by atoms with Crippen LogP contribution in [0.3, 0.4) is 0 Å². The number of halogens is 2. The normalized spacial score (nSPS) is 24.0. The number of ether oxygens (including phenoxy) is 2. The average molecular weight is 376 g/mol. The number of benzene rings is 1. The maximum absolute atomic E-state index is 14.8. The molecule has 3 atom stereocenters. The number of aliphatic hydroxyl groups excluding tert-OH is 1. The van der Waals surface area contributed by atoms with Crippen LogP contribution in [0.2, 0.25) is 5.02 Å². The van der Waals surface area contributed by atoms with E-state index in [0.717, 1.165) is 7.11 Å². The number of carbonyl (C=O) groups excluding carboxylic acids is 2. The lowest BCUT2D eigenvalue weighted by molar-refractivity contribution is -0.157. The molecule has 0 saturated carbocycles. The van der Waals surface area contributed by atoms with Gasteiger partial charge < -0.3 is 25.0 Å². The van der Waals surface area contributed by atoms with Crippen molar-refractivity contribution in [2.45, 2.75) is 25.6 Å². The predicted molar refractivity (Wildman–Crippen MR) is 85.6 cm³/mol. The zero-order valence-corrected chi connectivity index (χ0v) is 14.7. The molecular formula is C16H19ClFNO6. The average Bonchev–Trinajstić information content (AvgIpc) is 2.85. The second kappa shape index (κ2) is 7.15. The third-order valence-electron chi connectivity index (χ3n) is 4.08. The summed E-state index contributed by atoms with van der Waals surface area (Å²) in [5, 5.41) is 23.0. The third-order valence-corrected chi connectivity index (χ3v) is 4.36. The number of aliphatic hydroxyl groups is 2. The fraction of sp³-hybridized carbons (Fsp3) is 0.500. The Bertz CT molecular complexity index is 710. The molecule has 1 fully saturated rings.